The third-order valence-electron chi connectivity index (χ3n) is 7.32. The molecule has 2 aliphatic rings. The van der Waals surface area contributed by atoms with Crippen LogP contribution in [0.1, 0.15) is 69.4 Å². The highest BCUT2D eigenvalue weighted by Gasteiger charge is 2.29. The van der Waals surface area contributed by atoms with Crippen molar-refractivity contribution in [2.24, 2.45) is 5.41 Å². The molecule has 1 fully saturated rings. The van der Waals surface area contributed by atoms with E-state index >= 15 is 0 Å². The van der Waals surface area contributed by atoms with Crippen molar-refractivity contribution in [2.75, 3.05) is 41.5 Å². The lowest BCUT2D eigenvalue weighted by molar-refractivity contribution is 0.397. The molecule has 0 bridgehead atoms. The Morgan fingerprint density at radius 1 is 0.930 bits per heavy atom. The fourth-order valence-electron chi connectivity index (χ4n) is 5.45. The van der Waals surface area contributed by atoms with Gasteiger partial charge in [-0.05, 0) is 83.7 Å². The Bertz CT molecular complexity index is 1350. The van der Waals surface area contributed by atoms with Gasteiger partial charge in [-0.2, -0.15) is 0 Å². The summed E-state index contributed by atoms with van der Waals surface area (Å²) < 4.78 is 8.48. The van der Waals surface area contributed by atoms with Gasteiger partial charge in [-0.15, -0.1) is 6.58 Å². The van der Waals surface area contributed by atoms with Crippen LogP contribution in [0.4, 0.5) is 11.4 Å². The van der Waals surface area contributed by atoms with Crippen LogP contribution in [-0.2, 0) is 13.0 Å². The zero-order chi connectivity index (χ0) is 31.7. The van der Waals surface area contributed by atoms with E-state index in [0.717, 1.165) is 44.8 Å². The first kappa shape index (κ1) is 35.1. The van der Waals surface area contributed by atoms with Gasteiger partial charge in [0.15, 0.2) is 0 Å². The summed E-state index contributed by atoms with van der Waals surface area (Å²) in [5.74, 6) is 0. The maximum atomic E-state index is 4.10. The lowest BCUT2D eigenvalue weighted by atomic mass is 9.81. The number of hydrogen-bond acceptors (Lipinski definition) is 6. The third kappa shape index (κ3) is 9.07. The summed E-state index contributed by atoms with van der Waals surface area (Å²) in [7, 11) is 0. The molecule has 1 saturated heterocycles. The molecule has 3 aromatic carbocycles. The summed E-state index contributed by atoms with van der Waals surface area (Å²) in [5, 5.41) is 3.43. The summed E-state index contributed by atoms with van der Waals surface area (Å²) in [6.45, 7) is 28.7. The van der Waals surface area contributed by atoms with E-state index in [-0.39, 0.29) is 0 Å². The maximum absolute atomic E-state index is 4.10. The molecule has 0 amide bonds. The van der Waals surface area contributed by atoms with Gasteiger partial charge in [-0.3, -0.25) is 0 Å². The number of fused-ring (bicyclic) bond motifs is 3. The van der Waals surface area contributed by atoms with Gasteiger partial charge in [0.05, 0.1) is 12.2 Å². The zero-order valence-corrected chi connectivity index (χ0v) is 29.9. The lowest BCUT2D eigenvalue weighted by Gasteiger charge is -2.36. The summed E-state index contributed by atoms with van der Waals surface area (Å²) in [6.07, 6.45) is 5.09. The first-order chi connectivity index (χ1) is 20.5. The van der Waals surface area contributed by atoms with Gasteiger partial charge in [0.1, 0.15) is 0 Å². The lowest BCUT2D eigenvalue weighted by Crippen LogP contribution is -2.40. The molecule has 0 unspecified atom stereocenters. The zero-order valence-electron chi connectivity index (χ0n) is 28.3. The number of benzene rings is 3. The highest BCUT2D eigenvalue weighted by Crippen LogP contribution is 2.50. The fraction of sp³-hybridized carbons (Fsp3) is 0.459. The van der Waals surface area contributed by atoms with E-state index in [4.69, 9.17) is 0 Å². The van der Waals surface area contributed by atoms with E-state index in [1.54, 1.807) is 12.1 Å². The molecular weight excluding hydrogens is 565 g/mol. The molecule has 2 aliphatic heterocycles. The van der Waals surface area contributed by atoms with Gasteiger partial charge < -0.3 is 14.3 Å². The average Bonchev–Trinajstić information content (AvgIpc) is 2.99. The first-order valence-corrected chi connectivity index (χ1v) is 17.6. The van der Waals surface area contributed by atoms with Gasteiger partial charge in [0.25, 0.3) is 0 Å². The van der Waals surface area contributed by atoms with Crippen LogP contribution in [0.15, 0.2) is 55.1 Å². The number of anilines is 2. The Hall–Kier alpha value is -2.38. The van der Waals surface area contributed by atoms with Crippen LogP contribution in [0.3, 0.4) is 0 Å². The van der Waals surface area contributed by atoms with Crippen LogP contribution in [0, 0.1) is 26.2 Å². The van der Waals surface area contributed by atoms with Crippen molar-refractivity contribution in [2.45, 2.75) is 75.3 Å². The number of hydrogen-bond donors (Lipinski definition) is 2. The van der Waals surface area contributed by atoms with E-state index in [2.05, 4.69) is 122 Å². The van der Waals surface area contributed by atoms with Gasteiger partial charge in [0.2, 0.25) is 0 Å². The molecule has 0 spiro atoms. The standard InChI is InChI=1S/C30H36N4S2.C5H12.C2H6/c1-6-7-26-21(3)30-29(22(4)28(26)23-10-8-20(2)9-11-23)27-18-25(13-12-24(27)19-34(30)35-5)32-36-33-16-14-31-15-17-33;1-5(2,3)4;1-2/h6,8-13,18,31-32H,1,7,14-17,19H2,2-5H3;1-4H3;1-2H3. The summed E-state index contributed by atoms with van der Waals surface area (Å²) in [5.41, 5.74) is 15.1. The van der Waals surface area contributed by atoms with Crippen molar-refractivity contribution < 1.29 is 0 Å². The molecule has 6 heteroatoms. The van der Waals surface area contributed by atoms with Crippen molar-refractivity contribution in [3.63, 3.8) is 0 Å². The van der Waals surface area contributed by atoms with Crippen molar-refractivity contribution in [3.8, 4) is 22.3 Å². The molecule has 2 N–H and O–H groups in total. The predicted molar refractivity (Wildman–Crippen MR) is 197 cm³/mol. The minimum absolute atomic E-state index is 0.500. The van der Waals surface area contributed by atoms with Crippen LogP contribution in [0.5, 0.6) is 0 Å². The highest BCUT2D eigenvalue weighted by molar-refractivity contribution is 8.00. The van der Waals surface area contributed by atoms with E-state index in [0.29, 0.717) is 5.41 Å². The number of nitrogens with one attached hydrogen (secondary N) is 2. The second-order valence-electron chi connectivity index (χ2n) is 12.6. The number of allylic oxidation sites excluding steroid dienone is 1. The Labute approximate surface area is 271 Å². The SMILES string of the molecule is C=CCc1c(C)c2c(c(C)c1-c1ccc(C)cc1)-c1cc(NSN3CCNCC3)ccc1CN2SC.CC.CC(C)(C)C. The molecule has 0 atom stereocenters. The molecule has 0 aliphatic carbocycles. The Morgan fingerprint density at radius 2 is 1.56 bits per heavy atom. The second kappa shape index (κ2) is 16.1. The summed E-state index contributed by atoms with van der Waals surface area (Å²) in [4.78, 5) is 0. The molecule has 5 rings (SSSR count). The maximum Gasteiger partial charge on any atom is 0.0587 e. The number of nitrogens with zero attached hydrogens (tertiary/aromatic N) is 2. The molecule has 0 saturated carbocycles. The van der Waals surface area contributed by atoms with Gasteiger partial charge in [0, 0.05) is 55.8 Å². The highest BCUT2D eigenvalue weighted by atomic mass is 32.2. The topological polar surface area (TPSA) is 30.5 Å². The summed E-state index contributed by atoms with van der Waals surface area (Å²) >= 11 is 3.54. The second-order valence-corrected chi connectivity index (χ2v) is 14.4. The summed E-state index contributed by atoms with van der Waals surface area (Å²) in [6, 6.07) is 15.9. The Balaban J connectivity index is 0.000000657. The monoisotopic (exact) mass is 618 g/mol. The van der Waals surface area contributed by atoms with Crippen molar-refractivity contribution in [1.82, 2.24) is 9.62 Å². The molecule has 43 heavy (non-hydrogen) atoms. The normalized spacial score (nSPS) is 14.4. The van der Waals surface area contributed by atoms with E-state index in [9.17, 15) is 0 Å². The number of piperazine rings is 1. The quantitative estimate of drug-likeness (QED) is 0.202. The van der Waals surface area contributed by atoms with Crippen molar-refractivity contribution in [1.29, 1.82) is 0 Å². The molecule has 0 radical (unpaired) electrons. The molecule has 3 aromatic rings. The number of rotatable bonds is 7. The van der Waals surface area contributed by atoms with Crippen molar-refractivity contribution in [3.05, 3.63) is 82.9 Å². The van der Waals surface area contributed by atoms with Crippen molar-refractivity contribution >= 4 is 35.5 Å². The molecular formula is C37H54N4S2. The van der Waals surface area contributed by atoms with Crippen LogP contribution < -0.4 is 14.3 Å². The molecule has 0 aromatic heterocycles. The molecule has 4 nitrogen and oxygen atoms in total. The first-order valence-electron chi connectivity index (χ1n) is 15.7. The van der Waals surface area contributed by atoms with E-state index < -0.39 is 0 Å². The van der Waals surface area contributed by atoms with Crippen LogP contribution in [0.25, 0.3) is 22.3 Å². The predicted octanol–water partition coefficient (Wildman–Crippen LogP) is 10.2. The van der Waals surface area contributed by atoms with Crippen LogP contribution >= 0.6 is 24.1 Å². The van der Waals surface area contributed by atoms with Gasteiger partial charge in [-0.1, -0.05) is 95.5 Å². The Morgan fingerprint density at radius 3 is 2.14 bits per heavy atom. The van der Waals surface area contributed by atoms with Crippen LogP contribution in [0.2, 0.25) is 0 Å². The van der Waals surface area contributed by atoms with E-state index in [1.807, 2.05) is 31.9 Å². The minimum atomic E-state index is 0.500. The number of aryl methyl sites for hydroxylation is 1. The minimum Gasteiger partial charge on any atom is -0.317 e. The van der Waals surface area contributed by atoms with E-state index in [1.165, 1.54) is 55.8 Å². The largest absolute Gasteiger partial charge is 0.317 e. The van der Waals surface area contributed by atoms with Gasteiger partial charge in [-0.25, -0.2) is 4.31 Å². The fourth-order valence-corrected chi connectivity index (χ4v) is 6.86. The third-order valence-corrected chi connectivity index (χ3v) is 9.02. The smallest absolute Gasteiger partial charge is 0.0587 e. The molecule has 2 heterocycles. The average molecular weight is 619 g/mol. The Kier molecular flexibility index (Phi) is 13.1. The van der Waals surface area contributed by atoms with Gasteiger partial charge >= 0.3 is 0 Å². The molecule has 234 valence electrons. The van der Waals surface area contributed by atoms with Crippen LogP contribution in [-0.4, -0.2) is 36.7 Å².